The van der Waals surface area contributed by atoms with E-state index in [1.165, 1.54) is 27.8 Å². The number of hydrogen-bond acceptors (Lipinski definition) is 3. The lowest BCUT2D eigenvalue weighted by atomic mass is 10.0. The maximum absolute atomic E-state index is 5.60. The van der Waals surface area contributed by atoms with Crippen LogP contribution >= 0.6 is 11.3 Å². The maximum atomic E-state index is 5.60. The molecule has 4 rings (SSSR count). The van der Waals surface area contributed by atoms with Gasteiger partial charge >= 0.3 is 0 Å². The van der Waals surface area contributed by atoms with Crippen LogP contribution in [0.2, 0.25) is 0 Å². The third-order valence-corrected chi connectivity index (χ3v) is 4.91. The van der Waals surface area contributed by atoms with Crippen LogP contribution in [-0.4, -0.2) is 11.5 Å². The van der Waals surface area contributed by atoms with E-state index < -0.39 is 0 Å². The summed E-state index contributed by atoms with van der Waals surface area (Å²) in [5.74, 6) is 0. The summed E-state index contributed by atoms with van der Waals surface area (Å²) in [6.07, 6.45) is 1.89. The van der Waals surface area contributed by atoms with Gasteiger partial charge in [-0.3, -0.25) is 0 Å². The van der Waals surface area contributed by atoms with Crippen LogP contribution in [0.3, 0.4) is 0 Å². The lowest BCUT2D eigenvalue weighted by molar-refractivity contribution is 0.954. The molecule has 2 N–H and O–H groups in total. The zero-order valence-electron chi connectivity index (χ0n) is 11.7. The molecule has 1 aliphatic carbocycles. The van der Waals surface area contributed by atoms with E-state index in [9.17, 15) is 0 Å². The van der Waals surface area contributed by atoms with Gasteiger partial charge in [0.15, 0.2) is 0 Å². The molecular weight excluding hydrogens is 276 g/mol. The molecule has 1 aliphatic rings. The fourth-order valence-electron chi connectivity index (χ4n) is 2.99. The molecular formula is C18H16N2S. The van der Waals surface area contributed by atoms with Crippen molar-refractivity contribution in [2.45, 2.75) is 12.8 Å². The van der Waals surface area contributed by atoms with Crippen LogP contribution in [0.15, 0.2) is 47.8 Å². The maximum Gasteiger partial charge on any atom is 0.0945 e. The Labute approximate surface area is 128 Å². The van der Waals surface area contributed by atoms with E-state index in [0.717, 1.165) is 23.5 Å². The van der Waals surface area contributed by atoms with Gasteiger partial charge in [-0.2, -0.15) is 0 Å². The average molecular weight is 292 g/mol. The molecule has 2 aromatic carbocycles. The largest absolute Gasteiger partial charge is 0.330 e. The van der Waals surface area contributed by atoms with Gasteiger partial charge in [-0.05, 0) is 41.3 Å². The van der Waals surface area contributed by atoms with Gasteiger partial charge in [-0.15, -0.1) is 11.3 Å². The van der Waals surface area contributed by atoms with Gasteiger partial charge in [-0.1, -0.05) is 36.4 Å². The van der Waals surface area contributed by atoms with Crippen molar-refractivity contribution >= 4 is 11.3 Å². The highest BCUT2D eigenvalue weighted by atomic mass is 32.1. The van der Waals surface area contributed by atoms with E-state index >= 15 is 0 Å². The second kappa shape index (κ2) is 5.10. The SMILES string of the molecule is NCCc1nc(-c2ccc3c(c2)Cc2ccccc2-3)cs1. The monoisotopic (exact) mass is 292 g/mol. The number of hydrogen-bond donors (Lipinski definition) is 1. The Hall–Kier alpha value is -1.97. The predicted octanol–water partition coefficient (Wildman–Crippen LogP) is 3.88. The zero-order chi connectivity index (χ0) is 14.2. The standard InChI is InChI=1S/C18H16N2S/c19-8-7-18-20-17(11-21-18)13-5-6-16-14(10-13)9-12-3-1-2-4-15(12)16/h1-6,10-11H,7-9,19H2. The Balaban J connectivity index is 1.72. The number of aromatic nitrogens is 1. The van der Waals surface area contributed by atoms with E-state index in [0.29, 0.717) is 6.54 Å². The predicted molar refractivity (Wildman–Crippen MR) is 88.6 cm³/mol. The summed E-state index contributed by atoms with van der Waals surface area (Å²) in [5.41, 5.74) is 13.4. The molecule has 0 radical (unpaired) electrons. The third kappa shape index (κ3) is 2.19. The van der Waals surface area contributed by atoms with Crippen molar-refractivity contribution in [3.8, 4) is 22.4 Å². The second-order valence-corrected chi connectivity index (χ2v) is 6.31. The van der Waals surface area contributed by atoms with Crippen LogP contribution in [0.5, 0.6) is 0 Å². The molecule has 0 fully saturated rings. The molecule has 0 saturated heterocycles. The molecule has 1 aromatic heterocycles. The van der Waals surface area contributed by atoms with Crippen molar-refractivity contribution < 1.29 is 0 Å². The molecule has 21 heavy (non-hydrogen) atoms. The van der Waals surface area contributed by atoms with Crippen molar-refractivity contribution in [2.75, 3.05) is 6.54 Å². The summed E-state index contributed by atoms with van der Waals surface area (Å²) in [6.45, 7) is 0.659. The lowest BCUT2D eigenvalue weighted by Crippen LogP contribution is -2.01. The molecule has 0 bridgehead atoms. The Morgan fingerprint density at radius 1 is 1.05 bits per heavy atom. The fraction of sp³-hybridized carbons (Fsp3) is 0.167. The number of benzene rings is 2. The topological polar surface area (TPSA) is 38.9 Å². The first-order chi connectivity index (χ1) is 10.3. The highest BCUT2D eigenvalue weighted by molar-refractivity contribution is 7.09. The van der Waals surface area contributed by atoms with Crippen molar-refractivity contribution in [3.63, 3.8) is 0 Å². The van der Waals surface area contributed by atoms with Crippen molar-refractivity contribution in [1.82, 2.24) is 4.98 Å². The normalized spacial score (nSPS) is 12.2. The van der Waals surface area contributed by atoms with Crippen molar-refractivity contribution in [2.24, 2.45) is 5.73 Å². The van der Waals surface area contributed by atoms with Gasteiger partial charge in [0, 0.05) is 17.4 Å². The van der Waals surface area contributed by atoms with Crippen LogP contribution in [0, 0.1) is 0 Å². The summed E-state index contributed by atoms with van der Waals surface area (Å²) < 4.78 is 0. The summed E-state index contributed by atoms with van der Waals surface area (Å²) in [5, 5.41) is 3.26. The number of thiazole rings is 1. The van der Waals surface area contributed by atoms with Crippen molar-refractivity contribution in [1.29, 1.82) is 0 Å². The van der Waals surface area contributed by atoms with E-state index in [1.807, 2.05) is 0 Å². The molecule has 2 nitrogen and oxygen atoms in total. The molecule has 104 valence electrons. The molecule has 3 aromatic rings. The van der Waals surface area contributed by atoms with Crippen molar-refractivity contribution in [3.05, 3.63) is 64.0 Å². The first-order valence-corrected chi connectivity index (χ1v) is 8.09. The molecule has 1 heterocycles. The smallest absolute Gasteiger partial charge is 0.0945 e. The second-order valence-electron chi connectivity index (χ2n) is 5.37. The first kappa shape index (κ1) is 12.7. The number of rotatable bonds is 3. The van der Waals surface area contributed by atoms with Gasteiger partial charge in [-0.25, -0.2) is 4.98 Å². The van der Waals surface area contributed by atoms with E-state index in [1.54, 1.807) is 11.3 Å². The Morgan fingerprint density at radius 2 is 1.90 bits per heavy atom. The number of nitrogens with two attached hydrogens (primary N) is 1. The molecule has 0 aliphatic heterocycles. The van der Waals surface area contributed by atoms with Crippen LogP contribution < -0.4 is 5.73 Å². The van der Waals surface area contributed by atoms with Gasteiger partial charge in [0.05, 0.1) is 10.7 Å². The molecule has 0 atom stereocenters. The Kier molecular flexibility index (Phi) is 3.09. The summed E-state index contributed by atoms with van der Waals surface area (Å²) >= 11 is 1.70. The van der Waals surface area contributed by atoms with Crippen LogP contribution in [0.25, 0.3) is 22.4 Å². The minimum Gasteiger partial charge on any atom is -0.330 e. The molecule has 0 spiro atoms. The Bertz CT molecular complexity index is 804. The van der Waals surface area contributed by atoms with Crippen LogP contribution in [-0.2, 0) is 12.8 Å². The molecule has 0 amide bonds. The summed E-state index contributed by atoms with van der Waals surface area (Å²) in [7, 11) is 0. The summed E-state index contributed by atoms with van der Waals surface area (Å²) in [4.78, 5) is 4.68. The first-order valence-electron chi connectivity index (χ1n) is 7.21. The fourth-order valence-corrected chi connectivity index (χ4v) is 3.81. The highest BCUT2D eigenvalue weighted by Crippen LogP contribution is 2.38. The minimum atomic E-state index is 0.659. The van der Waals surface area contributed by atoms with Crippen LogP contribution in [0.1, 0.15) is 16.1 Å². The highest BCUT2D eigenvalue weighted by Gasteiger charge is 2.18. The van der Waals surface area contributed by atoms with E-state index in [4.69, 9.17) is 5.73 Å². The van der Waals surface area contributed by atoms with Gasteiger partial charge < -0.3 is 5.73 Å². The average Bonchev–Trinajstić information content (AvgIpc) is 3.11. The minimum absolute atomic E-state index is 0.659. The molecule has 0 unspecified atom stereocenters. The molecule has 0 saturated carbocycles. The van der Waals surface area contributed by atoms with E-state index in [2.05, 4.69) is 52.8 Å². The van der Waals surface area contributed by atoms with Gasteiger partial charge in [0.1, 0.15) is 0 Å². The summed E-state index contributed by atoms with van der Waals surface area (Å²) in [6, 6.07) is 15.4. The Morgan fingerprint density at radius 3 is 2.81 bits per heavy atom. The van der Waals surface area contributed by atoms with Gasteiger partial charge in [0.25, 0.3) is 0 Å². The quantitative estimate of drug-likeness (QED) is 0.622. The zero-order valence-corrected chi connectivity index (χ0v) is 12.5. The number of nitrogens with zero attached hydrogens (tertiary/aromatic N) is 1. The van der Waals surface area contributed by atoms with Crippen LogP contribution in [0.4, 0.5) is 0 Å². The lowest BCUT2D eigenvalue weighted by Gasteiger charge is -2.03. The van der Waals surface area contributed by atoms with Gasteiger partial charge in [0.2, 0.25) is 0 Å². The third-order valence-electron chi connectivity index (χ3n) is 4.00. The van der Waals surface area contributed by atoms with E-state index in [-0.39, 0.29) is 0 Å². The molecule has 3 heteroatoms. The number of fused-ring (bicyclic) bond motifs is 3.